The van der Waals surface area contributed by atoms with E-state index in [0.717, 1.165) is 26.6 Å². The molecular weight excluding hydrogens is 394 g/mol. The second-order valence-corrected chi connectivity index (χ2v) is 8.62. The maximum Gasteiger partial charge on any atom is 0.264 e. The highest BCUT2D eigenvalue weighted by Gasteiger charge is 2.22. The van der Waals surface area contributed by atoms with Crippen molar-refractivity contribution in [1.29, 1.82) is 0 Å². The molecule has 3 aromatic rings. The van der Waals surface area contributed by atoms with Crippen LogP contribution in [-0.4, -0.2) is 17.2 Å². The Morgan fingerprint density at radius 1 is 1.24 bits per heavy atom. The Labute approximate surface area is 138 Å². The van der Waals surface area contributed by atoms with Crippen LogP contribution in [0.3, 0.4) is 0 Å². The molecule has 0 amide bonds. The molecule has 1 N–H and O–H groups in total. The minimum absolute atomic E-state index is 0.143. The summed E-state index contributed by atoms with van der Waals surface area (Å²) in [7, 11) is -3.70. The van der Waals surface area contributed by atoms with Gasteiger partial charge in [0.1, 0.15) is 20.9 Å². The van der Waals surface area contributed by atoms with Gasteiger partial charge in [-0.05, 0) is 47.5 Å². The zero-order valence-corrected chi connectivity index (χ0v) is 15.1. The molecule has 21 heavy (non-hydrogen) atoms. The maximum atomic E-state index is 12.6. The summed E-state index contributed by atoms with van der Waals surface area (Å²) in [4.78, 5) is 1.21. The number of nitrogens with one attached hydrogen (secondary N) is 1. The van der Waals surface area contributed by atoms with Gasteiger partial charge in [0, 0.05) is 4.88 Å². The van der Waals surface area contributed by atoms with E-state index >= 15 is 0 Å². The number of fused-ring (bicyclic) bond motifs is 1. The molecule has 2 heterocycles. The van der Waals surface area contributed by atoms with E-state index in [4.69, 9.17) is 0 Å². The molecule has 0 aliphatic heterocycles. The van der Waals surface area contributed by atoms with Crippen LogP contribution in [0.2, 0.25) is 0 Å². The largest absolute Gasteiger partial charge is 0.269 e. The molecule has 1 aromatic carbocycles. The van der Waals surface area contributed by atoms with Gasteiger partial charge in [0.15, 0.2) is 0 Å². The van der Waals surface area contributed by atoms with Crippen molar-refractivity contribution in [2.24, 2.45) is 0 Å². The first-order valence-electron chi connectivity index (χ1n) is 5.90. The van der Waals surface area contributed by atoms with Gasteiger partial charge in [-0.1, -0.05) is 6.07 Å². The summed E-state index contributed by atoms with van der Waals surface area (Å²) in [6.45, 7) is 3.90. The number of rotatable bonds is 3. The lowest BCUT2D eigenvalue weighted by molar-refractivity contribution is 0.602. The van der Waals surface area contributed by atoms with Crippen LogP contribution in [0, 0.1) is 13.8 Å². The number of sulfonamides is 1. The monoisotopic (exact) mass is 403 g/mol. The number of halogens is 1. The molecule has 0 aliphatic carbocycles. The summed E-state index contributed by atoms with van der Waals surface area (Å²) in [5, 5.41) is 0.574. The molecule has 3 rings (SSSR count). The summed E-state index contributed by atoms with van der Waals surface area (Å²) in [6.07, 6.45) is 0. The molecular formula is C12H10BrN3O2S3. The third-order valence-electron chi connectivity index (χ3n) is 3.08. The molecule has 0 radical (unpaired) electrons. The predicted molar refractivity (Wildman–Crippen MR) is 89.7 cm³/mol. The minimum atomic E-state index is -3.70. The van der Waals surface area contributed by atoms with Gasteiger partial charge in [0.05, 0.1) is 16.2 Å². The fourth-order valence-electron chi connectivity index (χ4n) is 1.84. The zero-order valence-electron chi connectivity index (χ0n) is 11.0. The summed E-state index contributed by atoms with van der Waals surface area (Å²) >= 11 is 5.83. The van der Waals surface area contributed by atoms with Crippen LogP contribution >= 0.6 is 39.0 Å². The lowest BCUT2D eigenvalue weighted by Crippen LogP contribution is -2.12. The van der Waals surface area contributed by atoms with E-state index in [1.165, 1.54) is 17.4 Å². The van der Waals surface area contributed by atoms with E-state index in [-0.39, 0.29) is 4.90 Å². The van der Waals surface area contributed by atoms with E-state index in [0.29, 0.717) is 16.0 Å². The van der Waals surface area contributed by atoms with Crippen molar-refractivity contribution in [3.8, 4) is 0 Å². The highest BCUT2D eigenvalue weighted by atomic mass is 79.9. The molecule has 0 saturated carbocycles. The average Bonchev–Trinajstić information content (AvgIpc) is 3.00. The number of hydrogen-bond donors (Lipinski definition) is 1. The van der Waals surface area contributed by atoms with E-state index in [9.17, 15) is 8.42 Å². The molecule has 9 heteroatoms. The molecule has 0 unspecified atom stereocenters. The second kappa shape index (κ2) is 5.31. The molecule has 5 nitrogen and oxygen atoms in total. The fraction of sp³-hybridized carbons (Fsp3) is 0.167. The Bertz CT molecular complexity index is 931. The molecule has 0 fully saturated rings. The molecule has 110 valence electrons. The quantitative estimate of drug-likeness (QED) is 0.718. The van der Waals surface area contributed by atoms with Crippen molar-refractivity contribution in [1.82, 2.24) is 8.75 Å². The zero-order chi connectivity index (χ0) is 15.2. The van der Waals surface area contributed by atoms with E-state index in [1.54, 1.807) is 12.1 Å². The topological polar surface area (TPSA) is 72.0 Å². The molecule has 0 atom stereocenters. The number of nitrogens with zero attached hydrogens (tertiary/aromatic N) is 2. The van der Waals surface area contributed by atoms with Gasteiger partial charge in [-0.15, -0.1) is 11.3 Å². The maximum absolute atomic E-state index is 12.6. The van der Waals surface area contributed by atoms with Crippen LogP contribution in [0.5, 0.6) is 0 Å². The van der Waals surface area contributed by atoms with Crippen molar-refractivity contribution in [2.45, 2.75) is 18.7 Å². The lowest BCUT2D eigenvalue weighted by atomic mass is 10.3. The van der Waals surface area contributed by atoms with Crippen molar-refractivity contribution in [2.75, 3.05) is 4.72 Å². The molecule has 2 aromatic heterocycles. The summed E-state index contributed by atoms with van der Waals surface area (Å²) in [5.74, 6) is 0. The molecule has 0 spiro atoms. The minimum Gasteiger partial charge on any atom is -0.269 e. The standard InChI is InChI=1S/C12H10BrN3O2S3/c1-6-7(2)19-12(10(6)13)16-21(17,18)9-5-3-4-8-11(9)15-20-14-8/h3-5,16H,1-2H3. The Morgan fingerprint density at radius 3 is 2.67 bits per heavy atom. The van der Waals surface area contributed by atoms with Crippen LogP contribution < -0.4 is 4.72 Å². The van der Waals surface area contributed by atoms with Gasteiger partial charge >= 0.3 is 0 Å². The highest BCUT2D eigenvalue weighted by molar-refractivity contribution is 9.10. The van der Waals surface area contributed by atoms with Gasteiger partial charge < -0.3 is 0 Å². The van der Waals surface area contributed by atoms with Crippen LogP contribution in [0.25, 0.3) is 11.0 Å². The predicted octanol–water partition coefficient (Wildman–Crippen LogP) is 3.93. The number of hydrogen-bond acceptors (Lipinski definition) is 6. The number of benzene rings is 1. The Morgan fingerprint density at radius 2 is 2.00 bits per heavy atom. The molecule has 0 aliphatic rings. The molecule has 0 saturated heterocycles. The third kappa shape index (κ3) is 2.59. The van der Waals surface area contributed by atoms with Crippen molar-refractivity contribution in [3.05, 3.63) is 33.1 Å². The summed E-state index contributed by atoms with van der Waals surface area (Å²) in [6, 6.07) is 4.94. The normalized spacial score (nSPS) is 12.0. The van der Waals surface area contributed by atoms with Gasteiger partial charge in [-0.3, -0.25) is 4.72 Å². The first-order valence-corrected chi connectivity index (χ1v) is 9.72. The van der Waals surface area contributed by atoms with Crippen LogP contribution in [0.15, 0.2) is 27.6 Å². The Balaban J connectivity index is 2.09. The number of aryl methyl sites for hydroxylation is 1. The van der Waals surface area contributed by atoms with E-state index in [2.05, 4.69) is 29.4 Å². The van der Waals surface area contributed by atoms with Gasteiger partial charge in [-0.25, -0.2) is 8.42 Å². The van der Waals surface area contributed by atoms with Gasteiger partial charge in [-0.2, -0.15) is 8.75 Å². The number of thiophene rings is 1. The Hall–Kier alpha value is -1.03. The summed E-state index contributed by atoms with van der Waals surface area (Å²) < 4.78 is 36.7. The fourth-order valence-corrected chi connectivity index (χ4v) is 5.77. The number of anilines is 1. The van der Waals surface area contributed by atoms with E-state index in [1.807, 2.05) is 13.8 Å². The first-order chi connectivity index (χ1) is 9.90. The van der Waals surface area contributed by atoms with Crippen molar-refractivity contribution < 1.29 is 8.42 Å². The highest BCUT2D eigenvalue weighted by Crippen LogP contribution is 2.38. The second-order valence-electron chi connectivity index (χ2n) is 4.42. The lowest BCUT2D eigenvalue weighted by Gasteiger charge is -2.07. The van der Waals surface area contributed by atoms with E-state index < -0.39 is 10.0 Å². The number of aromatic nitrogens is 2. The third-order valence-corrected chi connectivity index (χ3v) is 7.51. The van der Waals surface area contributed by atoms with Crippen LogP contribution in [0.4, 0.5) is 5.00 Å². The molecule has 0 bridgehead atoms. The van der Waals surface area contributed by atoms with Gasteiger partial charge in [0.2, 0.25) is 0 Å². The van der Waals surface area contributed by atoms with Crippen LogP contribution in [0.1, 0.15) is 10.4 Å². The summed E-state index contributed by atoms with van der Waals surface area (Å²) in [5.41, 5.74) is 2.02. The van der Waals surface area contributed by atoms with Crippen LogP contribution in [-0.2, 0) is 10.0 Å². The average molecular weight is 404 g/mol. The SMILES string of the molecule is Cc1sc(NS(=O)(=O)c2cccc3nsnc23)c(Br)c1C. The smallest absolute Gasteiger partial charge is 0.264 e. The van der Waals surface area contributed by atoms with Gasteiger partial charge in [0.25, 0.3) is 10.0 Å². The Kier molecular flexibility index (Phi) is 3.76. The van der Waals surface area contributed by atoms with Crippen molar-refractivity contribution >= 4 is 65.1 Å². The van der Waals surface area contributed by atoms with Crippen molar-refractivity contribution in [3.63, 3.8) is 0 Å². The first kappa shape index (κ1) is 14.9.